The fourth-order valence-electron chi connectivity index (χ4n) is 2.28. The first-order valence-electron chi connectivity index (χ1n) is 7.90. The summed E-state index contributed by atoms with van der Waals surface area (Å²) in [6.07, 6.45) is 1.72. The number of hydrogen-bond acceptors (Lipinski definition) is 5. The van der Waals surface area contributed by atoms with Gasteiger partial charge >= 0.3 is 6.03 Å². The number of carbonyl (C=O) groups excluding carboxylic acids is 2. The van der Waals surface area contributed by atoms with Crippen molar-refractivity contribution < 1.29 is 9.59 Å². The number of imide groups is 1. The van der Waals surface area contributed by atoms with Crippen LogP contribution in [-0.4, -0.2) is 32.0 Å². The third-order valence-electron chi connectivity index (χ3n) is 3.47. The average molecular weight is 394 g/mol. The van der Waals surface area contributed by atoms with Crippen LogP contribution < -0.4 is 11.1 Å². The van der Waals surface area contributed by atoms with Crippen molar-refractivity contribution in [3.05, 3.63) is 41.9 Å². The summed E-state index contributed by atoms with van der Waals surface area (Å²) in [5, 5.41) is 11.2. The zero-order valence-electron chi connectivity index (χ0n) is 14.5. The molecule has 0 radical (unpaired) electrons. The molecule has 1 heterocycles. The number of benzene rings is 1. The van der Waals surface area contributed by atoms with Crippen LogP contribution in [0, 0.1) is 5.92 Å². The fraction of sp³-hybridized carbons (Fsp3) is 0.294. The number of nitrogens with one attached hydrogen (secondary N) is 1. The molecule has 26 heavy (non-hydrogen) atoms. The number of amides is 3. The van der Waals surface area contributed by atoms with Gasteiger partial charge in [0.05, 0.1) is 5.25 Å². The largest absolute Gasteiger partial charge is 0.351 e. The van der Waals surface area contributed by atoms with E-state index in [4.69, 9.17) is 17.3 Å². The Labute approximate surface area is 161 Å². The second-order valence-electron chi connectivity index (χ2n) is 5.85. The Morgan fingerprint density at radius 3 is 2.54 bits per heavy atom. The topological polar surface area (TPSA) is 103 Å². The number of urea groups is 1. The molecule has 0 fully saturated rings. The van der Waals surface area contributed by atoms with Crippen LogP contribution in [0.5, 0.6) is 0 Å². The molecule has 9 heteroatoms. The maximum atomic E-state index is 12.3. The van der Waals surface area contributed by atoms with E-state index in [-0.39, 0.29) is 5.92 Å². The molecule has 2 aromatic rings. The normalized spacial score (nSPS) is 12.0. The maximum absolute atomic E-state index is 12.3. The second kappa shape index (κ2) is 8.86. The van der Waals surface area contributed by atoms with Crippen molar-refractivity contribution in [2.24, 2.45) is 11.7 Å². The molecule has 1 aromatic heterocycles. The van der Waals surface area contributed by atoms with Crippen molar-refractivity contribution in [2.45, 2.75) is 30.8 Å². The molecule has 1 aromatic carbocycles. The second-order valence-corrected chi connectivity index (χ2v) is 7.39. The molecule has 0 spiro atoms. The molecule has 7 nitrogen and oxygen atoms in total. The number of nitrogens with two attached hydrogens (primary N) is 1. The summed E-state index contributed by atoms with van der Waals surface area (Å²) < 4.78 is 1.85. The van der Waals surface area contributed by atoms with E-state index >= 15 is 0 Å². The summed E-state index contributed by atoms with van der Waals surface area (Å²) in [7, 11) is 0. The van der Waals surface area contributed by atoms with E-state index in [1.165, 1.54) is 11.8 Å². The van der Waals surface area contributed by atoms with Gasteiger partial charge in [-0.05, 0) is 30.2 Å². The first-order chi connectivity index (χ1) is 12.3. The van der Waals surface area contributed by atoms with Gasteiger partial charge in [-0.25, -0.2) is 4.79 Å². The monoisotopic (exact) mass is 393 g/mol. The number of allylic oxidation sites excluding steroid dienone is 1. The van der Waals surface area contributed by atoms with Crippen molar-refractivity contribution >= 4 is 35.3 Å². The van der Waals surface area contributed by atoms with E-state index in [1.54, 1.807) is 18.2 Å². The van der Waals surface area contributed by atoms with Gasteiger partial charge < -0.3 is 5.73 Å². The van der Waals surface area contributed by atoms with Gasteiger partial charge in [0.25, 0.3) is 0 Å². The molecule has 0 unspecified atom stereocenters. The lowest BCUT2D eigenvalue weighted by Gasteiger charge is -2.18. The third-order valence-corrected chi connectivity index (χ3v) is 5.25. The number of rotatable bonds is 7. The highest BCUT2D eigenvalue weighted by Gasteiger charge is 2.27. The van der Waals surface area contributed by atoms with E-state index in [1.807, 2.05) is 30.5 Å². The zero-order valence-corrected chi connectivity index (χ0v) is 16.0. The molecule has 1 atom stereocenters. The van der Waals surface area contributed by atoms with Gasteiger partial charge in [-0.2, -0.15) is 0 Å². The summed E-state index contributed by atoms with van der Waals surface area (Å²) in [5.74, 6) is 0.132. The van der Waals surface area contributed by atoms with Crippen LogP contribution in [0.3, 0.4) is 0 Å². The van der Waals surface area contributed by atoms with Gasteiger partial charge in [-0.15, -0.1) is 16.8 Å². The molecule has 3 N–H and O–H groups in total. The van der Waals surface area contributed by atoms with Crippen LogP contribution in [0.4, 0.5) is 4.79 Å². The SMILES string of the molecule is C=CCn1c(S[C@H](C(=O)NC(N)=O)C(C)C)nnc1-c1ccc(Cl)cc1. The highest BCUT2D eigenvalue weighted by molar-refractivity contribution is 8.00. The van der Waals surface area contributed by atoms with Crippen LogP contribution in [0.15, 0.2) is 42.1 Å². The van der Waals surface area contributed by atoms with Crippen LogP contribution in [-0.2, 0) is 11.3 Å². The molecule has 0 aliphatic heterocycles. The number of hydrogen-bond donors (Lipinski definition) is 2. The molecule has 2 rings (SSSR count). The van der Waals surface area contributed by atoms with E-state index in [9.17, 15) is 9.59 Å². The minimum atomic E-state index is -0.879. The number of thioether (sulfide) groups is 1. The Morgan fingerprint density at radius 2 is 2.00 bits per heavy atom. The summed E-state index contributed by atoms with van der Waals surface area (Å²) in [6.45, 7) is 8.00. The summed E-state index contributed by atoms with van der Waals surface area (Å²) in [6, 6.07) is 6.36. The molecule has 0 saturated heterocycles. The smallest absolute Gasteiger partial charge is 0.318 e. The van der Waals surface area contributed by atoms with Crippen LogP contribution in [0.2, 0.25) is 5.02 Å². The van der Waals surface area contributed by atoms with Gasteiger partial charge in [0.15, 0.2) is 11.0 Å². The fourth-order valence-corrected chi connectivity index (χ4v) is 3.45. The molecule has 0 aliphatic rings. The Morgan fingerprint density at radius 1 is 1.35 bits per heavy atom. The van der Waals surface area contributed by atoms with Crippen LogP contribution in [0.25, 0.3) is 11.4 Å². The summed E-state index contributed by atoms with van der Waals surface area (Å²) in [5.41, 5.74) is 5.90. The van der Waals surface area contributed by atoms with E-state index < -0.39 is 17.2 Å². The first kappa shape index (κ1) is 20.0. The third kappa shape index (κ3) is 4.86. The van der Waals surface area contributed by atoms with Gasteiger partial charge in [-0.3, -0.25) is 14.7 Å². The first-order valence-corrected chi connectivity index (χ1v) is 9.16. The molecule has 138 valence electrons. The molecule has 0 aliphatic carbocycles. The predicted octanol–water partition coefficient (Wildman–Crippen LogP) is 3.10. The average Bonchev–Trinajstić information content (AvgIpc) is 2.95. The summed E-state index contributed by atoms with van der Waals surface area (Å²) >= 11 is 7.17. The van der Waals surface area contributed by atoms with E-state index in [0.717, 1.165) is 5.56 Å². The van der Waals surface area contributed by atoms with Crippen molar-refractivity contribution in [3.8, 4) is 11.4 Å². The minimum Gasteiger partial charge on any atom is -0.351 e. The van der Waals surface area contributed by atoms with Gasteiger partial charge in [0.2, 0.25) is 5.91 Å². The molecule has 3 amide bonds. The molecule has 0 saturated carbocycles. The number of nitrogens with zero attached hydrogens (tertiary/aromatic N) is 3. The van der Waals surface area contributed by atoms with Crippen LogP contribution >= 0.6 is 23.4 Å². The highest BCUT2D eigenvalue weighted by atomic mass is 35.5. The number of halogens is 1. The molecular formula is C17H20ClN5O2S. The number of aromatic nitrogens is 3. The lowest BCUT2D eigenvalue weighted by molar-refractivity contribution is -0.120. The van der Waals surface area contributed by atoms with E-state index in [0.29, 0.717) is 22.5 Å². The molecular weight excluding hydrogens is 374 g/mol. The lowest BCUT2D eigenvalue weighted by Crippen LogP contribution is -2.42. The van der Waals surface area contributed by atoms with Crippen molar-refractivity contribution in [1.82, 2.24) is 20.1 Å². The summed E-state index contributed by atoms with van der Waals surface area (Å²) in [4.78, 5) is 23.3. The van der Waals surface area contributed by atoms with Crippen molar-refractivity contribution in [3.63, 3.8) is 0 Å². The van der Waals surface area contributed by atoms with Crippen molar-refractivity contribution in [1.29, 1.82) is 0 Å². The van der Waals surface area contributed by atoms with Crippen LogP contribution in [0.1, 0.15) is 13.8 Å². The lowest BCUT2D eigenvalue weighted by atomic mass is 10.1. The van der Waals surface area contributed by atoms with E-state index in [2.05, 4.69) is 22.1 Å². The van der Waals surface area contributed by atoms with Gasteiger partial charge in [0, 0.05) is 17.1 Å². The number of carbonyl (C=O) groups is 2. The Balaban J connectivity index is 2.36. The Hall–Kier alpha value is -2.32. The highest BCUT2D eigenvalue weighted by Crippen LogP contribution is 2.30. The van der Waals surface area contributed by atoms with Gasteiger partial charge in [-0.1, -0.05) is 43.3 Å². The zero-order chi connectivity index (χ0) is 19.3. The minimum absolute atomic E-state index is 0.0489. The number of primary amides is 1. The Kier molecular flexibility index (Phi) is 6.82. The maximum Gasteiger partial charge on any atom is 0.318 e. The Bertz CT molecular complexity index is 804. The molecule has 0 bridgehead atoms. The predicted molar refractivity (Wildman–Crippen MR) is 103 cm³/mol. The van der Waals surface area contributed by atoms with Crippen molar-refractivity contribution in [2.75, 3.05) is 0 Å². The quantitative estimate of drug-likeness (QED) is 0.555. The van der Waals surface area contributed by atoms with Gasteiger partial charge in [0.1, 0.15) is 0 Å². The standard InChI is InChI=1S/C17H20ClN5O2S/c1-4-9-23-14(11-5-7-12(18)8-6-11)21-22-17(23)26-13(10(2)3)15(24)20-16(19)25/h4-8,10,13H,1,9H2,2-3H3,(H3,19,20,24,25)/t13-/m0/s1.